The molecule has 0 aliphatic heterocycles. The van der Waals surface area contributed by atoms with E-state index in [2.05, 4.69) is 36.5 Å². The van der Waals surface area contributed by atoms with Gasteiger partial charge in [0.25, 0.3) is 0 Å². The van der Waals surface area contributed by atoms with Crippen molar-refractivity contribution in [1.82, 2.24) is 0 Å². The van der Waals surface area contributed by atoms with E-state index in [0.717, 1.165) is 25.1 Å². The SMILES string of the molecule is CCc1ccc(C[NH2+]Cc2ccc(C(=O)[O-])cc2)cc1. The van der Waals surface area contributed by atoms with Crippen molar-refractivity contribution < 1.29 is 15.2 Å². The zero-order valence-electron chi connectivity index (χ0n) is 11.6. The zero-order valence-corrected chi connectivity index (χ0v) is 11.6. The van der Waals surface area contributed by atoms with Gasteiger partial charge in [-0.2, -0.15) is 0 Å². The summed E-state index contributed by atoms with van der Waals surface area (Å²) < 4.78 is 0. The Labute approximate surface area is 119 Å². The van der Waals surface area contributed by atoms with Crippen molar-refractivity contribution in [2.45, 2.75) is 26.4 Å². The van der Waals surface area contributed by atoms with E-state index >= 15 is 0 Å². The Morgan fingerprint density at radius 2 is 1.35 bits per heavy atom. The molecule has 3 heteroatoms. The second-order valence-electron chi connectivity index (χ2n) is 4.85. The van der Waals surface area contributed by atoms with Crippen LogP contribution in [0.2, 0.25) is 0 Å². The molecule has 0 radical (unpaired) electrons. The van der Waals surface area contributed by atoms with Gasteiger partial charge in [-0.25, -0.2) is 0 Å². The number of nitrogens with two attached hydrogens (primary N) is 1. The second-order valence-corrected chi connectivity index (χ2v) is 4.85. The molecule has 0 unspecified atom stereocenters. The summed E-state index contributed by atoms with van der Waals surface area (Å²) in [5, 5.41) is 12.8. The molecular weight excluding hydrogens is 250 g/mol. The number of hydrogen-bond acceptors (Lipinski definition) is 2. The highest BCUT2D eigenvalue weighted by atomic mass is 16.4. The maximum Gasteiger partial charge on any atom is 0.101 e. The Morgan fingerprint density at radius 3 is 1.80 bits per heavy atom. The van der Waals surface area contributed by atoms with Crippen molar-refractivity contribution in [3.63, 3.8) is 0 Å². The predicted molar refractivity (Wildman–Crippen MR) is 75.9 cm³/mol. The Morgan fingerprint density at radius 1 is 0.900 bits per heavy atom. The van der Waals surface area contributed by atoms with E-state index in [9.17, 15) is 9.90 Å². The second kappa shape index (κ2) is 6.87. The fourth-order valence-electron chi connectivity index (χ4n) is 2.09. The van der Waals surface area contributed by atoms with Crippen LogP contribution in [0.25, 0.3) is 0 Å². The number of carbonyl (C=O) groups excluding carboxylic acids is 1. The highest BCUT2D eigenvalue weighted by Gasteiger charge is 1.99. The van der Waals surface area contributed by atoms with Gasteiger partial charge in [-0.3, -0.25) is 0 Å². The summed E-state index contributed by atoms with van der Waals surface area (Å²) in [6, 6.07) is 15.5. The van der Waals surface area contributed by atoms with Crippen molar-refractivity contribution in [1.29, 1.82) is 0 Å². The normalized spacial score (nSPS) is 10.4. The van der Waals surface area contributed by atoms with Crippen molar-refractivity contribution in [2.24, 2.45) is 0 Å². The number of aromatic carboxylic acids is 1. The third-order valence-electron chi connectivity index (χ3n) is 3.38. The summed E-state index contributed by atoms with van der Waals surface area (Å²) >= 11 is 0. The standard InChI is InChI=1S/C17H19NO2/c1-2-13-3-5-14(6-4-13)11-18-12-15-7-9-16(10-8-15)17(19)20/h3-10,18H,2,11-12H2,1H3,(H,19,20). The van der Waals surface area contributed by atoms with Gasteiger partial charge in [0, 0.05) is 11.1 Å². The summed E-state index contributed by atoms with van der Waals surface area (Å²) in [7, 11) is 0. The summed E-state index contributed by atoms with van der Waals surface area (Å²) in [6.07, 6.45) is 1.06. The molecule has 2 N–H and O–H groups in total. The van der Waals surface area contributed by atoms with Gasteiger partial charge in [-0.1, -0.05) is 55.5 Å². The number of quaternary nitrogens is 1. The van der Waals surface area contributed by atoms with Crippen LogP contribution in [0.5, 0.6) is 0 Å². The summed E-state index contributed by atoms with van der Waals surface area (Å²) in [5.41, 5.74) is 3.99. The van der Waals surface area contributed by atoms with Crippen LogP contribution in [0, 0.1) is 0 Å². The minimum absolute atomic E-state index is 0.226. The van der Waals surface area contributed by atoms with Crippen molar-refractivity contribution in [2.75, 3.05) is 0 Å². The monoisotopic (exact) mass is 269 g/mol. The van der Waals surface area contributed by atoms with Crippen molar-refractivity contribution in [3.8, 4) is 0 Å². The minimum atomic E-state index is -1.13. The summed E-state index contributed by atoms with van der Waals surface area (Å²) in [6.45, 7) is 3.91. The first-order valence-corrected chi connectivity index (χ1v) is 6.89. The molecule has 0 atom stereocenters. The van der Waals surface area contributed by atoms with E-state index in [4.69, 9.17) is 0 Å². The molecule has 0 saturated heterocycles. The third-order valence-corrected chi connectivity index (χ3v) is 3.38. The van der Waals surface area contributed by atoms with E-state index in [1.807, 2.05) is 12.1 Å². The molecule has 0 amide bonds. The Balaban J connectivity index is 1.84. The van der Waals surface area contributed by atoms with Gasteiger partial charge in [0.15, 0.2) is 0 Å². The Hall–Kier alpha value is -2.13. The van der Waals surface area contributed by atoms with Crippen molar-refractivity contribution >= 4 is 5.97 Å². The number of rotatable bonds is 6. The van der Waals surface area contributed by atoms with E-state index in [1.165, 1.54) is 11.1 Å². The first kappa shape index (κ1) is 14.3. The molecule has 3 nitrogen and oxygen atoms in total. The molecule has 2 aromatic rings. The maximum atomic E-state index is 10.6. The molecule has 104 valence electrons. The molecule has 20 heavy (non-hydrogen) atoms. The lowest BCUT2D eigenvalue weighted by atomic mass is 10.1. The molecular formula is C17H19NO2. The lowest BCUT2D eigenvalue weighted by Gasteiger charge is -2.05. The quantitative estimate of drug-likeness (QED) is 0.846. The smallest absolute Gasteiger partial charge is 0.101 e. The van der Waals surface area contributed by atoms with E-state index < -0.39 is 5.97 Å². The molecule has 0 aromatic heterocycles. The maximum absolute atomic E-state index is 10.6. The molecule has 0 aliphatic carbocycles. The average molecular weight is 269 g/mol. The zero-order chi connectivity index (χ0) is 14.4. The number of carboxylic acid groups (broad SMARTS) is 1. The first-order chi connectivity index (χ1) is 9.69. The van der Waals surface area contributed by atoms with Gasteiger partial charge in [-0.15, -0.1) is 0 Å². The molecule has 0 bridgehead atoms. The molecule has 0 fully saturated rings. The fourth-order valence-corrected chi connectivity index (χ4v) is 2.09. The van der Waals surface area contributed by atoms with E-state index in [-0.39, 0.29) is 5.56 Å². The van der Waals surface area contributed by atoms with Crippen LogP contribution < -0.4 is 10.4 Å². The van der Waals surface area contributed by atoms with Crippen LogP contribution in [0.15, 0.2) is 48.5 Å². The summed E-state index contributed by atoms with van der Waals surface area (Å²) in [4.78, 5) is 10.6. The number of carboxylic acids is 1. The lowest BCUT2D eigenvalue weighted by Crippen LogP contribution is -2.80. The van der Waals surface area contributed by atoms with E-state index in [0.29, 0.717) is 0 Å². The molecule has 2 aromatic carbocycles. The highest BCUT2D eigenvalue weighted by molar-refractivity contribution is 5.85. The average Bonchev–Trinajstić information content (AvgIpc) is 2.48. The minimum Gasteiger partial charge on any atom is -0.545 e. The number of benzene rings is 2. The van der Waals surface area contributed by atoms with Gasteiger partial charge < -0.3 is 15.2 Å². The Bertz CT molecular complexity index is 559. The number of aryl methyl sites for hydroxylation is 1. The largest absolute Gasteiger partial charge is 0.545 e. The van der Waals surface area contributed by atoms with E-state index in [1.54, 1.807) is 12.1 Å². The van der Waals surface area contributed by atoms with Gasteiger partial charge in [0.2, 0.25) is 0 Å². The van der Waals surface area contributed by atoms with Crippen LogP contribution in [-0.4, -0.2) is 5.97 Å². The van der Waals surface area contributed by atoms with Gasteiger partial charge in [-0.05, 0) is 17.5 Å². The van der Waals surface area contributed by atoms with Gasteiger partial charge >= 0.3 is 0 Å². The third kappa shape index (κ3) is 3.93. The van der Waals surface area contributed by atoms with Gasteiger partial charge in [0.05, 0.1) is 5.97 Å². The topological polar surface area (TPSA) is 56.7 Å². The van der Waals surface area contributed by atoms with Crippen LogP contribution in [0.3, 0.4) is 0 Å². The molecule has 0 aliphatic rings. The Kier molecular flexibility index (Phi) is 4.91. The van der Waals surface area contributed by atoms with Crippen LogP contribution in [0.1, 0.15) is 34.0 Å². The molecule has 2 rings (SSSR count). The van der Waals surface area contributed by atoms with Crippen LogP contribution in [0.4, 0.5) is 0 Å². The van der Waals surface area contributed by atoms with Crippen LogP contribution >= 0.6 is 0 Å². The molecule has 0 heterocycles. The highest BCUT2D eigenvalue weighted by Crippen LogP contribution is 2.04. The fraction of sp³-hybridized carbons (Fsp3) is 0.235. The number of carbonyl (C=O) groups is 1. The summed E-state index contributed by atoms with van der Waals surface area (Å²) in [5.74, 6) is -1.13. The van der Waals surface area contributed by atoms with Gasteiger partial charge in [0.1, 0.15) is 13.1 Å². The molecule has 0 spiro atoms. The predicted octanol–water partition coefficient (Wildman–Crippen LogP) is 0.876. The first-order valence-electron chi connectivity index (χ1n) is 6.89. The number of hydrogen-bond donors (Lipinski definition) is 1. The van der Waals surface area contributed by atoms with Crippen molar-refractivity contribution in [3.05, 3.63) is 70.8 Å². The van der Waals surface area contributed by atoms with Crippen LogP contribution in [-0.2, 0) is 19.5 Å². The molecule has 0 saturated carbocycles. The lowest BCUT2D eigenvalue weighted by molar-refractivity contribution is -0.686.